The van der Waals surface area contributed by atoms with Crippen LogP contribution in [-0.2, 0) is 4.79 Å². The van der Waals surface area contributed by atoms with E-state index < -0.39 is 0 Å². The predicted molar refractivity (Wildman–Crippen MR) is 90.2 cm³/mol. The van der Waals surface area contributed by atoms with Crippen molar-refractivity contribution < 1.29 is 4.79 Å². The van der Waals surface area contributed by atoms with E-state index in [2.05, 4.69) is 13.0 Å². The fourth-order valence-electron chi connectivity index (χ4n) is 3.11. The van der Waals surface area contributed by atoms with Gasteiger partial charge in [0.25, 0.3) is 0 Å². The van der Waals surface area contributed by atoms with Crippen LogP contribution in [0.2, 0.25) is 0 Å². The third-order valence-corrected chi connectivity index (χ3v) is 4.49. The first-order valence-corrected chi connectivity index (χ1v) is 8.49. The lowest BCUT2D eigenvalue weighted by molar-refractivity contribution is -0.117. The number of rotatable bonds is 7. The Morgan fingerprint density at radius 1 is 1.18 bits per heavy atom. The van der Waals surface area contributed by atoms with Gasteiger partial charge in [-0.2, -0.15) is 5.26 Å². The molecule has 22 heavy (non-hydrogen) atoms. The molecule has 2 rings (SSSR count). The molecule has 0 heterocycles. The summed E-state index contributed by atoms with van der Waals surface area (Å²) in [5, 5.41) is 8.81. The van der Waals surface area contributed by atoms with E-state index in [9.17, 15) is 4.79 Å². The summed E-state index contributed by atoms with van der Waals surface area (Å²) in [7, 11) is 0. The van der Waals surface area contributed by atoms with Gasteiger partial charge in [-0.3, -0.25) is 4.79 Å². The number of nitriles is 1. The van der Waals surface area contributed by atoms with Crippen LogP contribution in [0.5, 0.6) is 0 Å². The van der Waals surface area contributed by atoms with Crippen molar-refractivity contribution >= 4 is 11.9 Å². The Hall–Kier alpha value is -1.88. The van der Waals surface area contributed by atoms with E-state index in [0.717, 1.165) is 30.4 Å². The van der Waals surface area contributed by atoms with Crippen LogP contribution in [0.25, 0.3) is 6.08 Å². The number of hydrogen-bond donors (Lipinski definition) is 0. The monoisotopic (exact) mass is 295 g/mol. The van der Waals surface area contributed by atoms with Crippen LogP contribution in [0, 0.1) is 17.2 Å². The van der Waals surface area contributed by atoms with Crippen molar-refractivity contribution in [3.05, 3.63) is 41.0 Å². The maximum atomic E-state index is 12.4. The number of carbonyl (C=O) groups excluding carboxylic acids is 1. The molecule has 116 valence electrons. The molecule has 0 amide bonds. The van der Waals surface area contributed by atoms with Gasteiger partial charge in [0.2, 0.25) is 0 Å². The number of hydrogen-bond acceptors (Lipinski definition) is 2. The van der Waals surface area contributed by atoms with E-state index in [1.54, 1.807) is 12.1 Å². The SMILES string of the molecule is CCCCCCCC1CC/C(=C/c2ccc(C#N)cc2)C1=O. The van der Waals surface area contributed by atoms with Gasteiger partial charge in [0.1, 0.15) is 0 Å². The molecular formula is C20H25NO. The first kappa shape index (κ1) is 16.5. The molecule has 0 spiro atoms. The highest BCUT2D eigenvalue weighted by Crippen LogP contribution is 2.32. The maximum Gasteiger partial charge on any atom is 0.161 e. The third kappa shape index (κ3) is 4.56. The molecule has 1 aromatic rings. The van der Waals surface area contributed by atoms with Crippen LogP contribution < -0.4 is 0 Å². The van der Waals surface area contributed by atoms with Gasteiger partial charge in [-0.05, 0) is 48.6 Å². The second-order valence-electron chi connectivity index (χ2n) is 6.21. The predicted octanol–water partition coefficient (Wildman–Crippen LogP) is 5.28. The van der Waals surface area contributed by atoms with Crippen molar-refractivity contribution in [1.82, 2.24) is 0 Å². The summed E-state index contributed by atoms with van der Waals surface area (Å²) in [6, 6.07) is 9.55. The zero-order valence-electron chi connectivity index (χ0n) is 13.5. The summed E-state index contributed by atoms with van der Waals surface area (Å²) in [6.07, 6.45) is 11.3. The zero-order chi connectivity index (χ0) is 15.8. The Labute approximate surface area is 133 Å². The summed E-state index contributed by atoms with van der Waals surface area (Å²) < 4.78 is 0. The number of Topliss-reactive ketones (excluding diaryl/α,β-unsaturated/α-hetero) is 1. The van der Waals surface area contributed by atoms with Crippen molar-refractivity contribution in [3.8, 4) is 6.07 Å². The van der Waals surface area contributed by atoms with Gasteiger partial charge in [0.15, 0.2) is 5.78 Å². The van der Waals surface area contributed by atoms with Crippen molar-refractivity contribution in [2.24, 2.45) is 5.92 Å². The fraction of sp³-hybridized carbons (Fsp3) is 0.500. The number of nitrogens with zero attached hydrogens (tertiary/aromatic N) is 1. The highest BCUT2D eigenvalue weighted by atomic mass is 16.1. The molecule has 0 radical (unpaired) electrons. The summed E-state index contributed by atoms with van der Waals surface area (Å²) in [6.45, 7) is 2.22. The summed E-state index contributed by atoms with van der Waals surface area (Å²) in [4.78, 5) is 12.4. The van der Waals surface area contributed by atoms with E-state index in [1.165, 1.54) is 32.1 Å². The Kier molecular flexibility index (Phi) is 6.40. The minimum Gasteiger partial charge on any atom is -0.294 e. The average Bonchev–Trinajstić information content (AvgIpc) is 2.89. The van der Waals surface area contributed by atoms with Gasteiger partial charge in [-0.1, -0.05) is 51.2 Å². The molecule has 0 aliphatic heterocycles. The lowest BCUT2D eigenvalue weighted by Gasteiger charge is -2.07. The van der Waals surface area contributed by atoms with Crippen LogP contribution in [0.1, 0.15) is 69.4 Å². The second kappa shape index (κ2) is 8.54. The maximum absolute atomic E-state index is 12.4. The topological polar surface area (TPSA) is 40.9 Å². The lowest BCUT2D eigenvalue weighted by atomic mass is 9.97. The molecule has 0 bridgehead atoms. The minimum absolute atomic E-state index is 0.242. The van der Waals surface area contributed by atoms with Gasteiger partial charge < -0.3 is 0 Å². The van der Waals surface area contributed by atoms with Gasteiger partial charge in [-0.15, -0.1) is 0 Å². The van der Waals surface area contributed by atoms with Crippen LogP contribution in [0.4, 0.5) is 0 Å². The van der Waals surface area contributed by atoms with Crippen LogP contribution in [-0.4, -0.2) is 5.78 Å². The number of carbonyl (C=O) groups is 1. The van der Waals surface area contributed by atoms with E-state index >= 15 is 0 Å². The lowest BCUT2D eigenvalue weighted by Crippen LogP contribution is -2.07. The normalized spacial score (nSPS) is 19.5. The minimum atomic E-state index is 0.242. The third-order valence-electron chi connectivity index (χ3n) is 4.49. The molecule has 1 aliphatic rings. The van der Waals surface area contributed by atoms with Gasteiger partial charge in [0.05, 0.1) is 11.6 Å². The molecule has 0 N–H and O–H groups in total. The quantitative estimate of drug-likeness (QED) is 0.507. The first-order chi connectivity index (χ1) is 10.7. The number of ketones is 1. The Bertz CT molecular complexity index is 562. The molecule has 2 nitrogen and oxygen atoms in total. The highest BCUT2D eigenvalue weighted by molar-refractivity contribution is 6.03. The van der Waals surface area contributed by atoms with Crippen molar-refractivity contribution in [2.75, 3.05) is 0 Å². The average molecular weight is 295 g/mol. The molecule has 1 aromatic carbocycles. The molecule has 2 heteroatoms. The van der Waals surface area contributed by atoms with Crippen LogP contribution in [0.15, 0.2) is 29.8 Å². The van der Waals surface area contributed by atoms with Crippen molar-refractivity contribution in [1.29, 1.82) is 5.26 Å². The van der Waals surface area contributed by atoms with Gasteiger partial charge in [0, 0.05) is 5.92 Å². The molecule has 1 saturated carbocycles. The Balaban J connectivity index is 1.87. The summed E-state index contributed by atoms with van der Waals surface area (Å²) >= 11 is 0. The smallest absolute Gasteiger partial charge is 0.161 e. The first-order valence-electron chi connectivity index (χ1n) is 8.49. The number of benzene rings is 1. The number of allylic oxidation sites excluding steroid dienone is 1. The summed E-state index contributed by atoms with van der Waals surface area (Å²) in [5.41, 5.74) is 2.64. The molecule has 0 aromatic heterocycles. The standard InChI is InChI=1S/C20H25NO/c1-2-3-4-5-6-7-18-12-13-19(20(18)22)14-16-8-10-17(15-21)11-9-16/h8-11,14,18H,2-7,12-13H2,1H3/b19-14-. The molecule has 1 fully saturated rings. The molecule has 1 aliphatic carbocycles. The largest absolute Gasteiger partial charge is 0.294 e. The molecule has 0 saturated heterocycles. The molecule has 1 unspecified atom stereocenters. The van der Waals surface area contributed by atoms with E-state index in [4.69, 9.17) is 5.26 Å². The number of unbranched alkanes of at least 4 members (excludes halogenated alkanes) is 4. The van der Waals surface area contributed by atoms with Crippen molar-refractivity contribution in [3.63, 3.8) is 0 Å². The van der Waals surface area contributed by atoms with Gasteiger partial charge in [-0.25, -0.2) is 0 Å². The van der Waals surface area contributed by atoms with Crippen LogP contribution >= 0.6 is 0 Å². The summed E-state index contributed by atoms with van der Waals surface area (Å²) in [5.74, 6) is 0.589. The van der Waals surface area contributed by atoms with Gasteiger partial charge >= 0.3 is 0 Å². The zero-order valence-corrected chi connectivity index (χ0v) is 13.5. The van der Waals surface area contributed by atoms with E-state index in [0.29, 0.717) is 11.3 Å². The molecule has 1 atom stereocenters. The highest BCUT2D eigenvalue weighted by Gasteiger charge is 2.28. The molecular weight excluding hydrogens is 270 g/mol. The van der Waals surface area contributed by atoms with E-state index in [1.807, 2.05) is 18.2 Å². The Morgan fingerprint density at radius 3 is 2.59 bits per heavy atom. The second-order valence-corrected chi connectivity index (χ2v) is 6.21. The fourth-order valence-corrected chi connectivity index (χ4v) is 3.11. The van der Waals surface area contributed by atoms with Crippen molar-refractivity contribution in [2.45, 2.75) is 58.3 Å². The Morgan fingerprint density at radius 2 is 1.91 bits per heavy atom. The van der Waals surface area contributed by atoms with Crippen LogP contribution in [0.3, 0.4) is 0 Å². The van der Waals surface area contributed by atoms with E-state index in [-0.39, 0.29) is 5.92 Å².